The zero-order valence-corrected chi connectivity index (χ0v) is 21.8. The highest BCUT2D eigenvalue weighted by atomic mass is 16.4. The van der Waals surface area contributed by atoms with E-state index in [1.165, 1.54) is 0 Å². The van der Waals surface area contributed by atoms with Gasteiger partial charge in [-0.3, -0.25) is 0 Å². The van der Waals surface area contributed by atoms with E-state index in [-0.39, 0.29) is 24.2 Å². The molecule has 4 aliphatic carbocycles. The third-order valence-corrected chi connectivity index (χ3v) is 10.7. The number of nitrogens with zero attached hydrogens (tertiary/aromatic N) is 1. The van der Waals surface area contributed by atoms with Crippen molar-refractivity contribution in [2.75, 3.05) is 0 Å². The van der Waals surface area contributed by atoms with Crippen LogP contribution >= 0.6 is 0 Å². The Bertz CT molecular complexity index is 894. The van der Waals surface area contributed by atoms with E-state index in [4.69, 9.17) is 0 Å². The maximum Gasteiger partial charge on any atom is 0.0920 e. The molecule has 0 aromatic heterocycles. The number of hydrogen-bond acceptors (Lipinski definition) is 8. The minimum absolute atomic E-state index is 0.0537. The predicted molar refractivity (Wildman–Crippen MR) is 131 cm³/mol. The van der Waals surface area contributed by atoms with Crippen molar-refractivity contribution in [3.05, 3.63) is 11.6 Å². The first-order chi connectivity index (χ1) is 16.0. The molecule has 7 N–H and O–H groups in total. The molecule has 0 spiro atoms. The molecular formula is C27H45NO7. The molecule has 0 aromatic rings. The third-order valence-electron chi connectivity index (χ3n) is 10.7. The highest BCUT2D eigenvalue weighted by Gasteiger charge is 2.68. The minimum atomic E-state index is -1.46. The van der Waals surface area contributed by atoms with Crippen LogP contribution < -0.4 is 0 Å². The van der Waals surface area contributed by atoms with Gasteiger partial charge >= 0.3 is 0 Å². The molecule has 3 fully saturated rings. The summed E-state index contributed by atoms with van der Waals surface area (Å²) in [5.74, 6) is -0.656. The van der Waals surface area contributed by atoms with Crippen LogP contribution in [0.5, 0.6) is 0 Å². The first-order valence-corrected chi connectivity index (χ1v) is 13.2. The van der Waals surface area contributed by atoms with E-state index in [0.29, 0.717) is 44.2 Å². The molecule has 8 heteroatoms. The van der Waals surface area contributed by atoms with Crippen LogP contribution in [-0.2, 0) is 0 Å². The first-order valence-electron chi connectivity index (χ1n) is 13.2. The molecule has 0 amide bonds. The third kappa shape index (κ3) is 3.99. The number of allylic oxidation sites excluding steroid dienone is 1. The van der Waals surface area contributed by atoms with Gasteiger partial charge in [-0.25, -0.2) is 0 Å². The molecule has 200 valence electrons. The highest BCUT2D eigenvalue weighted by molar-refractivity contribution is 5.99. The Labute approximate surface area is 208 Å². The van der Waals surface area contributed by atoms with Crippen LogP contribution in [0.3, 0.4) is 0 Å². The number of aliphatic hydroxyl groups is 6. The quantitative estimate of drug-likeness (QED) is 0.228. The summed E-state index contributed by atoms with van der Waals surface area (Å²) in [4.78, 5) is 0. The number of oxime groups is 1. The highest BCUT2D eigenvalue weighted by Crippen LogP contribution is 2.68. The first kappa shape index (κ1) is 27.0. The predicted octanol–water partition coefficient (Wildman–Crippen LogP) is 2.12. The van der Waals surface area contributed by atoms with Crippen LogP contribution in [0.4, 0.5) is 0 Å². The molecule has 0 aliphatic heterocycles. The van der Waals surface area contributed by atoms with Crippen LogP contribution in [0.15, 0.2) is 16.8 Å². The van der Waals surface area contributed by atoms with Gasteiger partial charge in [0.25, 0.3) is 0 Å². The molecule has 35 heavy (non-hydrogen) atoms. The van der Waals surface area contributed by atoms with Crippen molar-refractivity contribution in [1.82, 2.24) is 0 Å². The Hall–Kier alpha value is -1.03. The molecule has 4 rings (SSSR count). The van der Waals surface area contributed by atoms with Crippen LogP contribution in [0.2, 0.25) is 0 Å². The lowest BCUT2D eigenvalue weighted by atomic mass is 9.45. The summed E-state index contributed by atoms with van der Waals surface area (Å²) in [5.41, 5.74) is -3.66. The van der Waals surface area contributed by atoms with Crippen molar-refractivity contribution in [3.63, 3.8) is 0 Å². The summed E-state index contributed by atoms with van der Waals surface area (Å²) in [6, 6.07) is 0. The van der Waals surface area contributed by atoms with Crippen molar-refractivity contribution < 1.29 is 35.8 Å². The molecule has 0 aromatic carbocycles. The Morgan fingerprint density at radius 2 is 1.71 bits per heavy atom. The van der Waals surface area contributed by atoms with Gasteiger partial charge in [0, 0.05) is 11.3 Å². The van der Waals surface area contributed by atoms with Gasteiger partial charge in [0.15, 0.2) is 0 Å². The van der Waals surface area contributed by atoms with E-state index in [2.05, 4.69) is 12.1 Å². The fourth-order valence-corrected chi connectivity index (χ4v) is 8.44. The number of hydrogen-bond donors (Lipinski definition) is 7. The van der Waals surface area contributed by atoms with Crippen molar-refractivity contribution >= 4 is 5.71 Å². The van der Waals surface area contributed by atoms with E-state index in [1.807, 2.05) is 6.92 Å². The lowest BCUT2D eigenvalue weighted by Crippen LogP contribution is -2.62. The molecule has 0 heterocycles. The molecule has 0 bridgehead atoms. The second-order valence-electron chi connectivity index (χ2n) is 13.3. The van der Waals surface area contributed by atoms with Crippen molar-refractivity contribution in [2.45, 2.75) is 121 Å². The summed E-state index contributed by atoms with van der Waals surface area (Å²) >= 11 is 0. The molecule has 0 saturated heterocycles. The van der Waals surface area contributed by atoms with E-state index in [1.54, 1.807) is 26.8 Å². The lowest BCUT2D eigenvalue weighted by Gasteiger charge is -2.61. The Morgan fingerprint density at radius 1 is 1.06 bits per heavy atom. The summed E-state index contributed by atoms with van der Waals surface area (Å²) in [6.07, 6.45) is 2.53. The largest absolute Gasteiger partial charge is 0.411 e. The van der Waals surface area contributed by atoms with E-state index >= 15 is 0 Å². The topological polar surface area (TPSA) is 154 Å². The van der Waals surface area contributed by atoms with Crippen LogP contribution in [-0.4, -0.2) is 76.7 Å². The fourth-order valence-electron chi connectivity index (χ4n) is 8.44. The monoisotopic (exact) mass is 495 g/mol. The fraction of sp³-hybridized carbons (Fsp3) is 0.889. The van der Waals surface area contributed by atoms with Gasteiger partial charge < -0.3 is 35.8 Å². The van der Waals surface area contributed by atoms with E-state index in [0.717, 1.165) is 12.0 Å². The SMILES string of the molecule is CC(C)(O)CC[C@@H](O)[C@](C)(O)[C@H]1CC[C@@]2(O)C3=CC(=NO)[C@H]4C[C@@H](O)[C@@H](O)C[C@]4(C)[C@H]3CC[C@]12C. The zero-order chi connectivity index (χ0) is 26.2. The summed E-state index contributed by atoms with van der Waals surface area (Å²) < 4.78 is 0. The zero-order valence-electron chi connectivity index (χ0n) is 21.8. The summed E-state index contributed by atoms with van der Waals surface area (Å²) in [7, 11) is 0. The maximum absolute atomic E-state index is 12.3. The summed E-state index contributed by atoms with van der Waals surface area (Å²) in [5, 5.41) is 79.3. The smallest absolute Gasteiger partial charge is 0.0920 e. The molecular weight excluding hydrogens is 450 g/mol. The van der Waals surface area contributed by atoms with Gasteiger partial charge in [-0.2, -0.15) is 0 Å². The molecule has 0 unspecified atom stereocenters. The lowest BCUT2D eigenvalue weighted by molar-refractivity contribution is -0.172. The maximum atomic E-state index is 12.3. The van der Waals surface area contributed by atoms with E-state index < -0.39 is 45.9 Å². The average molecular weight is 496 g/mol. The summed E-state index contributed by atoms with van der Waals surface area (Å²) in [6.45, 7) is 9.04. The average Bonchev–Trinajstić information content (AvgIpc) is 3.04. The second-order valence-corrected chi connectivity index (χ2v) is 13.3. The molecule has 8 nitrogen and oxygen atoms in total. The minimum Gasteiger partial charge on any atom is -0.411 e. The Morgan fingerprint density at radius 3 is 2.31 bits per heavy atom. The number of fused-ring (bicyclic) bond motifs is 5. The molecule has 4 aliphatic rings. The molecule has 0 radical (unpaired) electrons. The van der Waals surface area contributed by atoms with Gasteiger partial charge in [-0.1, -0.05) is 19.0 Å². The Kier molecular flexibility index (Phi) is 6.56. The number of aliphatic hydroxyl groups excluding tert-OH is 3. The van der Waals surface area contributed by atoms with Crippen molar-refractivity contribution in [1.29, 1.82) is 0 Å². The van der Waals surface area contributed by atoms with Gasteiger partial charge in [0.05, 0.1) is 40.8 Å². The van der Waals surface area contributed by atoms with Gasteiger partial charge in [-0.05, 0) is 101 Å². The number of rotatable bonds is 5. The van der Waals surface area contributed by atoms with E-state index in [9.17, 15) is 35.8 Å². The standard InChI is InChI=1S/C27H45NO7/c1-23(2,32)9-8-22(31)26(5,33)21-7-11-27(34)16-12-18(28-35)17-13-19(29)20(30)14-24(17,3)15(16)6-10-25(21,27)4/h12,15,17,19-22,29-35H,6-11,13-14H2,1-5H3/t15-,17+,19+,20-,21-,22+,24+,25+,26+,27+/m0/s1. The second kappa shape index (κ2) is 8.50. The van der Waals surface area contributed by atoms with Gasteiger partial charge in [0.1, 0.15) is 0 Å². The Balaban J connectivity index is 1.70. The normalized spacial score (nSPS) is 47.3. The van der Waals surface area contributed by atoms with Crippen molar-refractivity contribution in [2.24, 2.45) is 33.7 Å². The molecule has 3 saturated carbocycles. The van der Waals surface area contributed by atoms with Gasteiger partial charge in [0.2, 0.25) is 0 Å². The van der Waals surface area contributed by atoms with Crippen LogP contribution in [0, 0.1) is 28.6 Å². The van der Waals surface area contributed by atoms with Crippen LogP contribution in [0.25, 0.3) is 0 Å². The van der Waals surface area contributed by atoms with Crippen LogP contribution in [0.1, 0.15) is 86.0 Å². The van der Waals surface area contributed by atoms with Gasteiger partial charge in [-0.15, -0.1) is 0 Å². The molecule has 10 atom stereocenters. The van der Waals surface area contributed by atoms with Crippen molar-refractivity contribution in [3.8, 4) is 0 Å².